The van der Waals surface area contributed by atoms with Crippen molar-refractivity contribution >= 4 is 33.1 Å². The van der Waals surface area contributed by atoms with Crippen LogP contribution < -0.4 is 10.2 Å². The highest BCUT2D eigenvalue weighted by atomic mass is 32.1. The zero-order chi connectivity index (χ0) is 26.5. The van der Waals surface area contributed by atoms with Gasteiger partial charge in [0.2, 0.25) is 0 Å². The summed E-state index contributed by atoms with van der Waals surface area (Å²) in [5.74, 6) is 0.278. The van der Waals surface area contributed by atoms with Gasteiger partial charge in [0.15, 0.2) is 6.61 Å². The van der Waals surface area contributed by atoms with Gasteiger partial charge in [0.25, 0.3) is 0 Å². The maximum atomic E-state index is 13.2. The quantitative estimate of drug-likeness (QED) is 0.229. The van der Waals surface area contributed by atoms with Crippen LogP contribution in [0.5, 0.6) is 5.75 Å². The summed E-state index contributed by atoms with van der Waals surface area (Å²) in [6, 6.07) is 9.46. The lowest BCUT2D eigenvalue weighted by atomic mass is 9.97. The molecule has 9 heteroatoms. The predicted octanol–water partition coefficient (Wildman–Crippen LogP) is 7.03. The van der Waals surface area contributed by atoms with Crippen LogP contribution in [-0.2, 0) is 27.0 Å². The van der Waals surface area contributed by atoms with Gasteiger partial charge in [-0.25, -0.2) is 4.79 Å². The number of esters is 1. The van der Waals surface area contributed by atoms with E-state index in [1.54, 1.807) is 19.1 Å². The molecular formula is C27H30F3NO4S. The van der Waals surface area contributed by atoms with E-state index in [2.05, 4.69) is 5.48 Å². The number of hydrogen-bond acceptors (Lipinski definition) is 6. The third-order valence-electron chi connectivity index (χ3n) is 5.55. The molecule has 3 aromatic rings. The molecule has 194 valence electrons. The van der Waals surface area contributed by atoms with Crippen LogP contribution in [0.4, 0.5) is 13.2 Å². The minimum absolute atomic E-state index is 0.149. The van der Waals surface area contributed by atoms with Crippen molar-refractivity contribution in [3.05, 3.63) is 69.6 Å². The van der Waals surface area contributed by atoms with Crippen molar-refractivity contribution in [2.45, 2.75) is 46.2 Å². The summed E-state index contributed by atoms with van der Waals surface area (Å²) in [4.78, 5) is 17.8. The Balaban J connectivity index is 1.90. The molecule has 1 heterocycles. The molecule has 0 aliphatic rings. The van der Waals surface area contributed by atoms with Crippen molar-refractivity contribution in [1.29, 1.82) is 0 Å². The minimum Gasteiger partial charge on any atom is -0.482 e. The molecule has 5 nitrogen and oxygen atoms in total. The van der Waals surface area contributed by atoms with E-state index in [9.17, 15) is 18.0 Å². The van der Waals surface area contributed by atoms with Gasteiger partial charge in [0, 0.05) is 21.6 Å². The van der Waals surface area contributed by atoms with Crippen LogP contribution in [0.2, 0.25) is 0 Å². The van der Waals surface area contributed by atoms with E-state index in [1.807, 2.05) is 39.0 Å². The zero-order valence-electron chi connectivity index (χ0n) is 20.9. The lowest BCUT2D eigenvalue weighted by Crippen LogP contribution is -2.15. The van der Waals surface area contributed by atoms with Gasteiger partial charge in [-0.3, -0.25) is 10.3 Å². The third-order valence-corrected chi connectivity index (χ3v) is 6.74. The second-order valence-corrected chi connectivity index (χ2v) is 9.64. The van der Waals surface area contributed by atoms with E-state index in [-0.39, 0.29) is 12.5 Å². The third kappa shape index (κ3) is 6.59. The minimum atomic E-state index is -4.38. The Hall–Kier alpha value is -3.04. The highest BCUT2D eigenvalue weighted by molar-refractivity contribution is 7.19. The lowest BCUT2D eigenvalue weighted by molar-refractivity contribution is -0.145. The molecule has 3 rings (SSSR count). The molecule has 0 fully saturated rings. The number of benzene rings is 2. The monoisotopic (exact) mass is 521 g/mol. The number of carbonyl (C=O) groups excluding carboxylic acids is 1. The van der Waals surface area contributed by atoms with Gasteiger partial charge >= 0.3 is 12.1 Å². The normalized spacial score (nSPS) is 12.3. The first kappa shape index (κ1) is 27.5. The van der Waals surface area contributed by atoms with Gasteiger partial charge in [-0.2, -0.15) is 13.2 Å². The smallest absolute Gasteiger partial charge is 0.416 e. The van der Waals surface area contributed by atoms with E-state index in [1.165, 1.54) is 24.5 Å². The van der Waals surface area contributed by atoms with Crippen LogP contribution in [0.15, 0.2) is 42.5 Å². The molecule has 0 radical (unpaired) electrons. The van der Waals surface area contributed by atoms with E-state index in [0.29, 0.717) is 29.2 Å². The van der Waals surface area contributed by atoms with E-state index in [0.717, 1.165) is 33.0 Å². The van der Waals surface area contributed by atoms with Crippen LogP contribution in [0.25, 0.3) is 15.8 Å². The number of hydrogen-bond donors (Lipinski definition) is 1. The Morgan fingerprint density at radius 3 is 2.53 bits per heavy atom. The average molecular weight is 522 g/mol. The fourth-order valence-electron chi connectivity index (χ4n) is 3.97. The van der Waals surface area contributed by atoms with Crippen molar-refractivity contribution in [2.75, 3.05) is 20.3 Å². The van der Waals surface area contributed by atoms with E-state index < -0.39 is 17.7 Å². The molecule has 0 aliphatic carbocycles. The molecule has 1 N–H and O–H groups in total. The zero-order valence-corrected chi connectivity index (χ0v) is 21.7. The molecule has 0 saturated heterocycles. The maximum Gasteiger partial charge on any atom is 0.416 e. The number of fused-ring (bicyclic) bond motifs is 1. The second-order valence-electron chi connectivity index (χ2n) is 8.50. The molecule has 0 bridgehead atoms. The highest BCUT2D eigenvalue weighted by Crippen LogP contribution is 2.40. The lowest BCUT2D eigenvalue weighted by Gasteiger charge is -2.14. The van der Waals surface area contributed by atoms with Gasteiger partial charge in [-0.1, -0.05) is 26.0 Å². The Labute approximate surface area is 212 Å². The Bertz CT molecular complexity index is 1250. The topological polar surface area (TPSA) is 56.8 Å². The number of allylic oxidation sites excluding steroid dienone is 1. The molecule has 0 spiro atoms. The van der Waals surface area contributed by atoms with Crippen molar-refractivity contribution < 1.29 is 32.3 Å². The molecule has 0 atom stereocenters. The van der Waals surface area contributed by atoms with Crippen LogP contribution in [0.1, 0.15) is 53.8 Å². The first-order valence-electron chi connectivity index (χ1n) is 11.6. The van der Waals surface area contributed by atoms with Crippen LogP contribution >= 0.6 is 11.3 Å². The second kappa shape index (κ2) is 11.8. The summed E-state index contributed by atoms with van der Waals surface area (Å²) in [5.41, 5.74) is 5.68. The number of thiophene rings is 1. The number of alkyl halides is 3. The Kier molecular flexibility index (Phi) is 9.03. The molecular weight excluding hydrogens is 491 g/mol. The average Bonchev–Trinajstić information content (AvgIpc) is 3.18. The molecule has 0 unspecified atom stereocenters. The van der Waals surface area contributed by atoms with Gasteiger partial charge in [-0.05, 0) is 66.6 Å². The molecule has 36 heavy (non-hydrogen) atoms. The number of aryl methyl sites for hydroxylation is 1. The van der Waals surface area contributed by atoms with Crippen molar-refractivity contribution in [3.63, 3.8) is 0 Å². The predicted molar refractivity (Wildman–Crippen MR) is 136 cm³/mol. The van der Waals surface area contributed by atoms with Gasteiger partial charge < -0.3 is 9.47 Å². The fraction of sp³-hybridized carbons (Fsp3) is 0.370. The molecule has 0 saturated carbocycles. The maximum absolute atomic E-state index is 13.2. The highest BCUT2D eigenvalue weighted by Gasteiger charge is 2.31. The van der Waals surface area contributed by atoms with E-state index >= 15 is 0 Å². The van der Waals surface area contributed by atoms with Crippen LogP contribution in [-0.4, -0.2) is 26.3 Å². The largest absolute Gasteiger partial charge is 0.482 e. The van der Waals surface area contributed by atoms with Gasteiger partial charge in [0.1, 0.15) is 5.75 Å². The molecule has 0 aliphatic heterocycles. The van der Waals surface area contributed by atoms with Crippen molar-refractivity contribution in [3.8, 4) is 5.75 Å². The summed E-state index contributed by atoms with van der Waals surface area (Å²) < 4.78 is 50.8. The number of ether oxygens (including phenoxy) is 2. The molecule has 1 aromatic heterocycles. The molecule has 0 amide bonds. The van der Waals surface area contributed by atoms with E-state index in [4.69, 9.17) is 14.3 Å². The first-order valence-corrected chi connectivity index (χ1v) is 12.4. The number of hydroxylamine groups is 1. The number of rotatable bonds is 10. The SMILES string of the molecule is CCOC(=O)COc1ccc(C(=CCc2sc3cc(C(F)(F)F)ccc3c2C(C)C)NOC)cc1C. The molecule has 2 aromatic carbocycles. The standard InChI is InChI=1S/C27H30F3NO4S/c1-6-34-25(32)15-35-22-11-7-18(13-17(22)4)21(31-33-5)10-12-23-26(16(2)3)20-9-8-19(27(28,29)30)14-24(20)36-23/h7-11,13-14,16,31H,6,12,15H2,1-5H3. The summed E-state index contributed by atoms with van der Waals surface area (Å²) >= 11 is 1.38. The summed E-state index contributed by atoms with van der Waals surface area (Å²) in [6.07, 6.45) is -1.91. The fourth-order valence-corrected chi connectivity index (χ4v) is 5.33. The van der Waals surface area contributed by atoms with Crippen LogP contribution in [0, 0.1) is 6.92 Å². The van der Waals surface area contributed by atoms with Crippen molar-refractivity contribution in [2.24, 2.45) is 0 Å². The van der Waals surface area contributed by atoms with Crippen LogP contribution in [0.3, 0.4) is 0 Å². The van der Waals surface area contributed by atoms with Crippen molar-refractivity contribution in [1.82, 2.24) is 5.48 Å². The van der Waals surface area contributed by atoms with Gasteiger partial charge in [0.05, 0.1) is 25.0 Å². The summed E-state index contributed by atoms with van der Waals surface area (Å²) in [5, 5.41) is 0.853. The summed E-state index contributed by atoms with van der Waals surface area (Å²) in [6.45, 7) is 7.80. The summed E-state index contributed by atoms with van der Waals surface area (Å²) in [7, 11) is 1.51. The first-order chi connectivity index (χ1) is 17.0. The number of halogens is 3. The Morgan fingerprint density at radius 1 is 1.17 bits per heavy atom. The Morgan fingerprint density at radius 2 is 1.92 bits per heavy atom. The number of nitrogens with one attached hydrogen (secondary N) is 1. The number of carbonyl (C=O) groups is 1. The van der Waals surface area contributed by atoms with Gasteiger partial charge in [-0.15, -0.1) is 11.3 Å².